The van der Waals surface area contributed by atoms with Crippen LogP contribution in [-0.2, 0) is 0 Å². The number of carbonyl (C=O) groups is 1. The Hall–Kier alpha value is -2.33. The molecule has 2 rings (SSSR count). The van der Waals surface area contributed by atoms with Crippen molar-refractivity contribution in [2.24, 2.45) is 0 Å². The van der Waals surface area contributed by atoms with Gasteiger partial charge in [0, 0.05) is 22.9 Å². The molecule has 0 aliphatic carbocycles. The van der Waals surface area contributed by atoms with E-state index in [4.69, 9.17) is 0 Å². The van der Waals surface area contributed by atoms with Crippen LogP contribution >= 0.6 is 0 Å². The molecule has 0 heterocycles. The van der Waals surface area contributed by atoms with E-state index < -0.39 is 0 Å². The van der Waals surface area contributed by atoms with Crippen LogP contribution in [0.5, 0.6) is 5.75 Å². The number of nitrogens with one attached hydrogen (secondary N) is 2. The van der Waals surface area contributed by atoms with Gasteiger partial charge in [-0.05, 0) is 50.7 Å². The first-order valence-electron chi connectivity index (χ1n) is 6.90. The largest absolute Gasteiger partial charge is 0.508 e. The summed E-state index contributed by atoms with van der Waals surface area (Å²) >= 11 is 0. The van der Waals surface area contributed by atoms with Crippen molar-refractivity contribution in [3.05, 3.63) is 59.2 Å². The average Bonchev–Trinajstić information content (AvgIpc) is 2.50. The van der Waals surface area contributed by atoms with Gasteiger partial charge in [0.1, 0.15) is 5.75 Å². The number of phenolic OH excluding ortho intramolecular Hbond substituents is 1. The van der Waals surface area contributed by atoms with E-state index in [1.165, 1.54) is 0 Å². The second-order valence-corrected chi connectivity index (χ2v) is 5.04. The van der Waals surface area contributed by atoms with Crippen molar-refractivity contribution in [2.75, 3.05) is 12.4 Å². The summed E-state index contributed by atoms with van der Waals surface area (Å²) in [6, 6.07) is 12.9. The lowest BCUT2D eigenvalue weighted by atomic mass is 10.1. The van der Waals surface area contributed by atoms with Crippen LogP contribution in [0.1, 0.15) is 34.5 Å². The van der Waals surface area contributed by atoms with Gasteiger partial charge < -0.3 is 15.7 Å². The van der Waals surface area contributed by atoms with Gasteiger partial charge in [0.15, 0.2) is 0 Å². The Kier molecular flexibility index (Phi) is 4.60. The molecule has 0 aromatic heterocycles. The Morgan fingerprint density at radius 1 is 1.14 bits per heavy atom. The summed E-state index contributed by atoms with van der Waals surface area (Å²) in [7, 11) is 1.91. The number of carbonyl (C=O) groups excluding carboxylic acids is 1. The molecule has 0 saturated heterocycles. The smallest absolute Gasteiger partial charge is 0.256 e. The maximum atomic E-state index is 12.2. The molecule has 2 aromatic rings. The molecule has 1 amide bonds. The van der Waals surface area contributed by atoms with Crippen LogP contribution in [-0.4, -0.2) is 18.1 Å². The number of phenols is 1. The molecule has 1 atom stereocenters. The number of benzene rings is 2. The van der Waals surface area contributed by atoms with Gasteiger partial charge in [-0.1, -0.05) is 18.2 Å². The first-order chi connectivity index (χ1) is 10.0. The number of rotatable bonds is 4. The van der Waals surface area contributed by atoms with Crippen LogP contribution in [0.3, 0.4) is 0 Å². The van der Waals surface area contributed by atoms with Gasteiger partial charge in [0.2, 0.25) is 0 Å². The van der Waals surface area contributed by atoms with Crippen LogP contribution in [0.2, 0.25) is 0 Å². The average molecular weight is 284 g/mol. The van der Waals surface area contributed by atoms with Gasteiger partial charge in [-0.2, -0.15) is 0 Å². The summed E-state index contributed by atoms with van der Waals surface area (Å²) in [6.07, 6.45) is 0. The van der Waals surface area contributed by atoms with E-state index in [9.17, 15) is 9.90 Å². The predicted octanol–water partition coefficient (Wildman–Crippen LogP) is 3.23. The monoisotopic (exact) mass is 284 g/mol. The summed E-state index contributed by atoms with van der Waals surface area (Å²) in [4.78, 5) is 12.2. The second-order valence-electron chi connectivity index (χ2n) is 5.04. The molecular weight excluding hydrogens is 264 g/mol. The van der Waals surface area contributed by atoms with Crippen molar-refractivity contribution in [3.8, 4) is 5.75 Å². The standard InChI is InChI=1S/C17H20N2O2/c1-11-15(5-4-6-16(11)20)17(21)19-14-9-7-13(8-10-14)12(2)18-3/h4-10,12,18,20H,1-3H3,(H,19,21). The van der Waals surface area contributed by atoms with Gasteiger partial charge in [0.05, 0.1) is 0 Å². The van der Waals surface area contributed by atoms with Gasteiger partial charge >= 0.3 is 0 Å². The summed E-state index contributed by atoms with van der Waals surface area (Å²) in [5.74, 6) is -0.0985. The number of aromatic hydroxyl groups is 1. The fourth-order valence-electron chi connectivity index (χ4n) is 2.09. The molecule has 0 aliphatic heterocycles. The SMILES string of the molecule is CNC(C)c1ccc(NC(=O)c2cccc(O)c2C)cc1. The lowest BCUT2D eigenvalue weighted by molar-refractivity contribution is 0.102. The molecular formula is C17H20N2O2. The minimum atomic E-state index is -0.224. The van der Waals surface area contributed by atoms with E-state index >= 15 is 0 Å². The summed E-state index contributed by atoms with van der Waals surface area (Å²) < 4.78 is 0. The molecule has 0 fully saturated rings. The third-order valence-electron chi connectivity index (χ3n) is 3.65. The van der Waals surface area contributed by atoms with E-state index in [1.807, 2.05) is 31.3 Å². The Morgan fingerprint density at radius 2 is 1.81 bits per heavy atom. The second kappa shape index (κ2) is 6.41. The minimum Gasteiger partial charge on any atom is -0.508 e. The third-order valence-corrected chi connectivity index (χ3v) is 3.65. The van der Waals surface area contributed by atoms with Crippen molar-refractivity contribution in [3.63, 3.8) is 0 Å². The van der Waals surface area contributed by atoms with E-state index in [2.05, 4.69) is 17.6 Å². The Bertz CT molecular complexity index is 636. The van der Waals surface area contributed by atoms with E-state index in [0.29, 0.717) is 11.1 Å². The molecule has 2 aromatic carbocycles. The highest BCUT2D eigenvalue weighted by Gasteiger charge is 2.11. The Balaban J connectivity index is 2.14. The molecule has 0 bridgehead atoms. The Labute approximate surface area is 124 Å². The number of anilines is 1. The van der Waals surface area contributed by atoms with Gasteiger partial charge in [-0.15, -0.1) is 0 Å². The number of amides is 1. The zero-order valence-corrected chi connectivity index (χ0v) is 12.5. The first kappa shape index (κ1) is 15.1. The van der Waals surface area contributed by atoms with Crippen LogP contribution in [0.15, 0.2) is 42.5 Å². The quantitative estimate of drug-likeness (QED) is 0.807. The molecule has 0 saturated carbocycles. The fraction of sp³-hybridized carbons (Fsp3) is 0.235. The van der Waals surface area contributed by atoms with Crippen molar-refractivity contribution < 1.29 is 9.90 Å². The van der Waals surface area contributed by atoms with Gasteiger partial charge in [0.25, 0.3) is 5.91 Å². The fourth-order valence-corrected chi connectivity index (χ4v) is 2.09. The summed E-state index contributed by atoms with van der Waals surface area (Å²) in [5.41, 5.74) is 2.94. The maximum Gasteiger partial charge on any atom is 0.256 e. The van der Waals surface area contributed by atoms with Crippen molar-refractivity contribution in [1.82, 2.24) is 5.32 Å². The zero-order chi connectivity index (χ0) is 15.4. The van der Waals surface area contributed by atoms with Crippen molar-refractivity contribution >= 4 is 11.6 Å². The van der Waals surface area contributed by atoms with Crippen LogP contribution in [0, 0.1) is 6.92 Å². The van der Waals surface area contributed by atoms with Crippen molar-refractivity contribution in [1.29, 1.82) is 0 Å². The van der Waals surface area contributed by atoms with Crippen LogP contribution in [0.4, 0.5) is 5.69 Å². The van der Waals surface area contributed by atoms with Crippen LogP contribution < -0.4 is 10.6 Å². The van der Waals surface area contributed by atoms with Crippen LogP contribution in [0.25, 0.3) is 0 Å². The van der Waals surface area contributed by atoms with Crippen molar-refractivity contribution in [2.45, 2.75) is 19.9 Å². The molecule has 110 valence electrons. The third kappa shape index (κ3) is 3.41. The maximum absolute atomic E-state index is 12.2. The van der Waals surface area contributed by atoms with Gasteiger partial charge in [-0.3, -0.25) is 4.79 Å². The lowest BCUT2D eigenvalue weighted by Crippen LogP contribution is -2.14. The summed E-state index contributed by atoms with van der Waals surface area (Å²) in [5, 5.41) is 15.7. The Morgan fingerprint density at radius 3 is 2.43 bits per heavy atom. The highest BCUT2D eigenvalue weighted by molar-refractivity contribution is 6.05. The molecule has 1 unspecified atom stereocenters. The number of hydrogen-bond donors (Lipinski definition) is 3. The van der Waals surface area contributed by atoms with E-state index in [0.717, 1.165) is 11.3 Å². The predicted molar refractivity (Wildman–Crippen MR) is 84.7 cm³/mol. The molecule has 4 nitrogen and oxygen atoms in total. The van der Waals surface area contributed by atoms with Gasteiger partial charge in [-0.25, -0.2) is 0 Å². The molecule has 0 aliphatic rings. The normalized spacial score (nSPS) is 12.0. The van der Waals surface area contributed by atoms with E-state index in [-0.39, 0.29) is 17.7 Å². The molecule has 3 N–H and O–H groups in total. The highest BCUT2D eigenvalue weighted by atomic mass is 16.3. The summed E-state index contributed by atoms with van der Waals surface area (Å²) in [6.45, 7) is 3.80. The first-order valence-corrected chi connectivity index (χ1v) is 6.90. The van der Waals surface area contributed by atoms with E-state index in [1.54, 1.807) is 25.1 Å². The molecule has 0 radical (unpaired) electrons. The number of hydrogen-bond acceptors (Lipinski definition) is 3. The molecule has 4 heteroatoms. The topological polar surface area (TPSA) is 61.4 Å². The lowest BCUT2D eigenvalue weighted by Gasteiger charge is -2.12. The zero-order valence-electron chi connectivity index (χ0n) is 12.5. The minimum absolute atomic E-state index is 0.126. The molecule has 21 heavy (non-hydrogen) atoms. The molecule has 0 spiro atoms. The highest BCUT2D eigenvalue weighted by Crippen LogP contribution is 2.21.